The first-order valence-electron chi connectivity index (χ1n) is 16.7. The van der Waals surface area contributed by atoms with Crippen LogP contribution in [-0.4, -0.2) is 86.1 Å². The van der Waals surface area contributed by atoms with Gasteiger partial charge in [0.05, 0.1) is 35.3 Å². The smallest absolute Gasteiger partial charge is 0.258 e. The zero-order valence-corrected chi connectivity index (χ0v) is 28.5. The number of fused-ring (bicyclic) bond motifs is 1. The zero-order chi connectivity index (χ0) is 33.3. The topological polar surface area (TPSA) is 125 Å². The predicted molar refractivity (Wildman–Crippen MR) is 178 cm³/mol. The number of anilines is 1. The lowest BCUT2D eigenvalue weighted by atomic mass is 9.88. The SMILES string of the molecule is C[C@H]1CCCCO[C@H](CN(C)S(=O)(=O)c2ccccc2)[C@@H](C)CN([C@@H](C)CO)C(=O)c2cc(NC(=O)C3CCCCC3)ccc2O1. The van der Waals surface area contributed by atoms with Gasteiger partial charge in [-0.3, -0.25) is 9.59 Å². The van der Waals surface area contributed by atoms with Gasteiger partial charge >= 0.3 is 0 Å². The van der Waals surface area contributed by atoms with Gasteiger partial charge in [-0.15, -0.1) is 0 Å². The molecule has 2 aliphatic rings. The Hall–Kier alpha value is -2.99. The maximum Gasteiger partial charge on any atom is 0.258 e. The van der Waals surface area contributed by atoms with Gasteiger partial charge in [0.15, 0.2) is 0 Å². The van der Waals surface area contributed by atoms with Gasteiger partial charge in [-0.1, -0.05) is 44.4 Å². The average Bonchev–Trinajstić information content (AvgIpc) is 3.06. The van der Waals surface area contributed by atoms with Gasteiger partial charge in [-0.05, 0) is 76.3 Å². The molecular formula is C35H51N3O7S. The fraction of sp³-hybridized carbons (Fsp3) is 0.600. The molecule has 0 unspecified atom stereocenters. The molecule has 1 fully saturated rings. The number of nitrogens with zero attached hydrogens (tertiary/aromatic N) is 2. The van der Waals surface area contributed by atoms with Crippen molar-refractivity contribution in [2.45, 2.75) is 95.3 Å². The van der Waals surface area contributed by atoms with Crippen LogP contribution in [-0.2, 0) is 19.6 Å². The third-order valence-corrected chi connectivity index (χ3v) is 11.0. The summed E-state index contributed by atoms with van der Waals surface area (Å²) in [7, 11) is -2.21. The minimum Gasteiger partial charge on any atom is -0.490 e. The molecule has 1 aliphatic heterocycles. The largest absolute Gasteiger partial charge is 0.490 e. The molecule has 0 saturated heterocycles. The Morgan fingerprint density at radius 3 is 2.43 bits per heavy atom. The first kappa shape index (κ1) is 35.9. The summed E-state index contributed by atoms with van der Waals surface area (Å²) in [5.74, 6) is -0.278. The van der Waals surface area contributed by atoms with E-state index in [9.17, 15) is 23.1 Å². The van der Waals surface area contributed by atoms with Crippen molar-refractivity contribution in [3.63, 3.8) is 0 Å². The highest BCUT2D eigenvalue weighted by molar-refractivity contribution is 7.89. The number of aliphatic hydroxyl groups excluding tert-OH is 1. The van der Waals surface area contributed by atoms with Gasteiger partial charge in [-0.2, -0.15) is 4.31 Å². The summed E-state index contributed by atoms with van der Waals surface area (Å²) < 4.78 is 40.6. The van der Waals surface area contributed by atoms with Crippen LogP contribution < -0.4 is 10.1 Å². The Bertz CT molecular complexity index is 1400. The number of aliphatic hydroxyl groups is 1. The molecule has 2 aromatic carbocycles. The van der Waals surface area contributed by atoms with E-state index in [1.165, 1.54) is 4.31 Å². The molecule has 0 aromatic heterocycles. The van der Waals surface area contributed by atoms with Crippen molar-refractivity contribution in [1.82, 2.24) is 9.21 Å². The number of likely N-dealkylation sites (N-methyl/N-ethyl adjacent to an activating group) is 1. The molecule has 0 bridgehead atoms. The standard InChI is InChI=1S/C35H51N3O7S/c1-25-22-38(26(2)24-39)35(41)31-21-29(36-34(40)28-14-7-5-8-15-28)18-19-32(31)45-27(3)13-11-12-20-44-33(25)23-37(4)46(42,43)30-16-9-6-10-17-30/h6,9-10,16-19,21,25-28,33,39H,5,7-8,11-15,20,22-24H2,1-4H3,(H,36,40)/t25-,26-,27-,33+/m0/s1. The molecular weight excluding hydrogens is 606 g/mol. The lowest BCUT2D eigenvalue weighted by Gasteiger charge is -2.35. The van der Waals surface area contributed by atoms with E-state index >= 15 is 0 Å². The predicted octanol–water partition coefficient (Wildman–Crippen LogP) is 5.32. The number of amides is 2. The quantitative estimate of drug-likeness (QED) is 0.394. The van der Waals surface area contributed by atoms with Crippen LogP contribution in [0.3, 0.4) is 0 Å². The molecule has 254 valence electrons. The van der Waals surface area contributed by atoms with Crippen LogP contribution >= 0.6 is 0 Å². The first-order valence-corrected chi connectivity index (χ1v) is 18.1. The third-order valence-electron chi connectivity index (χ3n) is 9.18. The summed E-state index contributed by atoms with van der Waals surface area (Å²) in [6.07, 6.45) is 6.58. The minimum atomic E-state index is -3.76. The lowest BCUT2D eigenvalue weighted by Crippen LogP contribution is -2.48. The summed E-state index contributed by atoms with van der Waals surface area (Å²) in [6.45, 7) is 6.14. The first-order chi connectivity index (χ1) is 22.0. The monoisotopic (exact) mass is 657 g/mol. The molecule has 2 N–H and O–H groups in total. The maximum absolute atomic E-state index is 14.3. The Morgan fingerprint density at radius 2 is 1.74 bits per heavy atom. The molecule has 11 heteroatoms. The van der Waals surface area contributed by atoms with Crippen LogP contribution in [0.15, 0.2) is 53.4 Å². The summed E-state index contributed by atoms with van der Waals surface area (Å²) in [6, 6.07) is 12.9. The summed E-state index contributed by atoms with van der Waals surface area (Å²) in [5.41, 5.74) is 0.831. The van der Waals surface area contributed by atoms with E-state index in [4.69, 9.17) is 9.47 Å². The fourth-order valence-electron chi connectivity index (χ4n) is 6.20. The molecule has 2 aromatic rings. The molecule has 4 rings (SSSR count). The molecule has 10 nitrogen and oxygen atoms in total. The maximum atomic E-state index is 14.3. The molecule has 0 spiro atoms. The molecule has 1 aliphatic carbocycles. The summed E-state index contributed by atoms with van der Waals surface area (Å²) >= 11 is 0. The molecule has 0 radical (unpaired) electrons. The number of carbonyl (C=O) groups is 2. The van der Waals surface area contributed by atoms with Crippen LogP contribution in [0, 0.1) is 11.8 Å². The molecule has 1 saturated carbocycles. The molecule has 1 heterocycles. The third kappa shape index (κ3) is 9.30. The van der Waals surface area contributed by atoms with E-state index in [1.54, 1.807) is 67.4 Å². The number of hydrogen-bond donors (Lipinski definition) is 2. The molecule has 4 atom stereocenters. The van der Waals surface area contributed by atoms with Crippen molar-refractivity contribution in [3.8, 4) is 5.75 Å². The van der Waals surface area contributed by atoms with Gasteiger partial charge in [0, 0.05) is 44.3 Å². The van der Waals surface area contributed by atoms with Gasteiger partial charge in [0.2, 0.25) is 15.9 Å². The number of benzene rings is 2. The Morgan fingerprint density at radius 1 is 1.04 bits per heavy atom. The van der Waals surface area contributed by atoms with E-state index in [2.05, 4.69) is 5.32 Å². The Labute approximate surface area is 274 Å². The second kappa shape index (κ2) is 16.7. The van der Waals surface area contributed by atoms with Crippen LogP contribution in [0.25, 0.3) is 0 Å². The van der Waals surface area contributed by atoms with Crippen molar-refractivity contribution in [1.29, 1.82) is 0 Å². The Kier molecular flexibility index (Phi) is 13.0. The number of carbonyl (C=O) groups excluding carboxylic acids is 2. The van der Waals surface area contributed by atoms with Crippen molar-refractivity contribution < 1.29 is 32.6 Å². The van der Waals surface area contributed by atoms with Gasteiger partial charge < -0.3 is 24.8 Å². The minimum absolute atomic E-state index is 0.0361. The van der Waals surface area contributed by atoms with Gasteiger partial charge in [-0.25, -0.2) is 8.42 Å². The average molecular weight is 658 g/mol. The highest BCUT2D eigenvalue weighted by Gasteiger charge is 2.32. The van der Waals surface area contributed by atoms with E-state index in [0.717, 1.165) is 51.4 Å². The van der Waals surface area contributed by atoms with Gasteiger partial charge in [0.25, 0.3) is 5.91 Å². The number of ether oxygens (including phenoxy) is 2. The fourth-order valence-corrected chi connectivity index (χ4v) is 7.40. The van der Waals surface area contributed by atoms with E-state index in [-0.39, 0.29) is 54.3 Å². The van der Waals surface area contributed by atoms with Crippen LogP contribution in [0.1, 0.15) is 82.5 Å². The molecule has 2 amide bonds. The number of sulfonamides is 1. The lowest BCUT2D eigenvalue weighted by molar-refractivity contribution is -0.120. The summed E-state index contributed by atoms with van der Waals surface area (Å²) in [5, 5.41) is 13.2. The number of rotatable bonds is 8. The van der Waals surface area contributed by atoms with Crippen molar-refractivity contribution in [3.05, 3.63) is 54.1 Å². The van der Waals surface area contributed by atoms with Gasteiger partial charge in [0.1, 0.15) is 5.75 Å². The molecule has 46 heavy (non-hydrogen) atoms. The zero-order valence-electron chi connectivity index (χ0n) is 27.7. The van der Waals surface area contributed by atoms with E-state index < -0.39 is 22.2 Å². The number of hydrogen-bond acceptors (Lipinski definition) is 7. The van der Waals surface area contributed by atoms with Crippen molar-refractivity contribution in [2.75, 3.05) is 38.7 Å². The Balaban J connectivity index is 1.63. The van der Waals surface area contributed by atoms with Crippen LogP contribution in [0.4, 0.5) is 5.69 Å². The highest BCUT2D eigenvalue weighted by Crippen LogP contribution is 2.30. The normalized spacial score (nSPS) is 23.2. The van der Waals surface area contributed by atoms with E-state index in [0.29, 0.717) is 23.6 Å². The number of nitrogens with one attached hydrogen (secondary N) is 1. The second-order valence-electron chi connectivity index (χ2n) is 12.9. The van der Waals surface area contributed by atoms with Crippen molar-refractivity contribution in [2.24, 2.45) is 11.8 Å². The summed E-state index contributed by atoms with van der Waals surface area (Å²) in [4.78, 5) is 29.2. The second-order valence-corrected chi connectivity index (χ2v) is 15.0. The highest BCUT2D eigenvalue weighted by atomic mass is 32.2. The van der Waals surface area contributed by atoms with E-state index in [1.807, 2.05) is 13.8 Å². The van der Waals surface area contributed by atoms with Crippen LogP contribution in [0.2, 0.25) is 0 Å². The van der Waals surface area contributed by atoms with Crippen molar-refractivity contribution >= 4 is 27.5 Å². The van der Waals surface area contributed by atoms with Crippen LogP contribution in [0.5, 0.6) is 5.75 Å².